The van der Waals surface area contributed by atoms with Crippen LogP contribution in [0.2, 0.25) is 0 Å². The zero-order chi connectivity index (χ0) is 38.9. The normalized spacial score (nSPS) is 11.6. The van der Waals surface area contributed by atoms with Crippen molar-refractivity contribution < 1.29 is 14.2 Å². The lowest BCUT2D eigenvalue weighted by molar-refractivity contribution is 0.415. The summed E-state index contributed by atoms with van der Waals surface area (Å²) in [4.78, 5) is 21.2. The second-order valence-electron chi connectivity index (χ2n) is 13.4. The van der Waals surface area contributed by atoms with E-state index in [4.69, 9.17) is 29.7 Å². The van der Waals surface area contributed by atoms with Crippen LogP contribution in [0.4, 0.5) is 5.69 Å². The molecule has 2 aliphatic heterocycles. The number of hydrogen-bond acceptors (Lipinski definition) is 6. The summed E-state index contributed by atoms with van der Waals surface area (Å²) in [5.74, 6) is 2.21. The number of aromatic amines is 2. The fourth-order valence-corrected chi connectivity index (χ4v) is 7.50. The molecule has 0 radical (unpaired) electrons. The highest BCUT2D eigenvalue weighted by molar-refractivity contribution is 6.00. The SMILES string of the molecule is COc1cccc(-c2c3nc(c(-c4cccc(OC)c4)c4ccc([nH]4)c(-c4cccc(OC)c4)c4nc(c(-c5ccc(N=[N+]=[N-])cc5)c5ccc2[nH]5)C=C4)C=C3)c1. The smallest absolute Gasteiger partial charge is 0.119 e. The molecule has 0 aliphatic carbocycles. The van der Waals surface area contributed by atoms with Crippen LogP contribution in [0.1, 0.15) is 22.8 Å². The van der Waals surface area contributed by atoms with Gasteiger partial charge < -0.3 is 24.2 Å². The molecule has 0 saturated heterocycles. The predicted molar refractivity (Wildman–Crippen MR) is 229 cm³/mol. The van der Waals surface area contributed by atoms with Crippen molar-refractivity contribution in [2.24, 2.45) is 5.11 Å². The Morgan fingerprint density at radius 2 is 0.807 bits per heavy atom. The molecule has 7 aromatic rings. The molecule has 2 aliphatic rings. The van der Waals surface area contributed by atoms with E-state index >= 15 is 0 Å². The number of H-pyrrole nitrogens is 2. The van der Waals surface area contributed by atoms with Crippen LogP contribution in [0, 0.1) is 0 Å². The van der Waals surface area contributed by atoms with Crippen LogP contribution in [0.25, 0.3) is 101 Å². The van der Waals surface area contributed by atoms with Gasteiger partial charge in [0.2, 0.25) is 0 Å². The van der Waals surface area contributed by atoms with Gasteiger partial charge in [-0.3, -0.25) is 0 Å². The lowest BCUT2D eigenvalue weighted by Gasteiger charge is -2.09. The number of rotatable bonds is 8. The number of nitrogens with one attached hydrogen (secondary N) is 2. The van der Waals surface area contributed by atoms with Crippen molar-refractivity contribution in [3.05, 3.63) is 155 Å². The fourth-order valence-electron chi connectivity index (χ4n) is 7.50. The minimum absolute atomic E-state index is 0.520. The third-order valence-corrected chi connectivity index (χ3v) is 10.1. The van der Waals surface area contributed by atoms with Crippen molar-refractivity contribution in [2.45, 2.75) is 0 Å². The molecule has 8 bridgehead atoms. The average Bonchev–Trinajstić information content (AvgIpc) is 4.10. The van der Waals surface area contributed by atoms with E-state index in [0.717, 1.165) is 107 Å². The molecule has 5 heterocycles. The number of fused-ring (bicyclic) bond motifs is 8. The minimum atomic E-state index is 0.520. The third kappa shape index (κ3) is 6.56. The lowest BCUT2D eigenvalue weighted by atomic mass is 10.0. The largest absolute Gasteiger partial charge is 0.497 e. The number of ether oxygens (including phenoxy) is 3. The maximum atomic E-state index is 9.09. The second kappa shape index (κ2) is 14.8. The van der Waals surface area contributed by atoms with Gasteiger partial charge in [-0.2, -0.15) is 0 Å². The monoisotopic (exact) mass is 745 g/mol. The van der Waals surface area contributed by atoms with Gasteiger partial charge in [-0.15, -0.1) is 0 Å². The van der Waals surface area contributed by atoms with E-state index in [0.29, 0.717) is 5.69 Å². The number of methoxy groups -OCH3 is 3. The van der Waals surface area contributed by atoms with Crippen LogP contribution in [-0.2, 0) is 0 Å². The highest BCUT2D eigenvalue weighted by Gasteiger charge is 2.19. The number of benzene rings is 4. The van der Waals surface area contributed by atoms with E-state index in [9.17, 15) is 0 Å². The van der Waals surface area contributed by atoms with Crippen LogP contribution in [0.3, 0.4) is 0 Å². The Morgan fingerprint density at radius 1 is 0.456 bits per heavy atom. The molecule has 0 spiro atoms. The molecule has 57 heavy (non-hydrogen) atoms. The maximum absolute atomic E-state index is 9.09. The number of nitrogens with zero attached hydrogens (tertiary/aromatic N) is 5. The van der Waals surface area contributed by atoms with Crippen molar-refractivity contribution in [3.8, 4) is 61.8 Å². The molecular weight excluding hydrogens is 711 g/mol. The number of hydrogen-bond donors (Lipinski definition) is 2. The van der Waals surface area contributed by atoms with Crippen LogP contribution >= 0.6 is 0 Å². The topological polar surface area (TPSA) is 134 Å². The van der Waals surface area contributed by atoms with Gasteiger partial charge in [0.1, 0.15) is 17.2 Å². The van der Waals surface area contributed by atoms with Crippen molar-refractivity contribution in [1.29, 1.82) is 0 Å². The average molecular weight is 746 g/mol. The quantitative estimate of drug-likeness (QED) is 0.0907. The van der Waals surface area contributed by atoms with E-state index < -0.39 is 0 Å². The van der Waals surface area contributed by atoms with Gasteiger partial charge in [0.15, 0.2) is 0 Å². The second-order valence-corrected chi connectivity index (χ2v) is 13.4. The van der Waals surface area contributed by atoms with E-state index in [1.165, 1.54) is 0 Å². The van der Waals surface area contributed by atoms with Crippen LogP contribution in [-0.4, -0.2) is 41.3 Å². The predicted octanol–water partition coefficient (Wildman–Crippen LogP) is 12.3. The minimum Gasteiger partial charge on any atom is -0.497 e. The van der Waals surface area contributed by atoms with E-state index in [-0.39, 0.29) is 0 Å². The Bertz CT molecular complexity index is 2940. The molecule has 276 valence electrons. The first-order valence-corrected chi connectivity index (χ1v) is 18.3. The maximum Gasteiger partial charge on any atom is 0.119 e. The van der Waals surface area contributed by atoms with E-state index in [1.54, 1.807) is 21.3 Å². The summed E-state index contributed by atoms with van der Waals surface area (Å²) in [7, 11) is 5.01. The van der Waals surface area contributed by atoms with Crippen LogP contribution < -0.4 is 14.2 Å². The molecule has 0 atom stereocenters. The Balaban J connectivity index is 1.46. The molecular formula is C47H35N7O3. The van der Waals surface area contributed by atoms with Gasteiger partial charge in [-0.25, -0.2) is 9.97 Å². The molecule has 2 N–H and O–H groups in total. The van der Waals surface area contributed by atoms with Gasteiger partial charge in [0, 0.05) is 54.9 Å². The Labute approximate surface area is 328 Å². The zero-order valence-corrected chi connectivity index (χ0v) is 31.3. The molecule has 3 aromatic heterocycles. The first kappa shape index (κ1) is 34.9. The van der Waals surface area contributed by atoms with Gasteiger partial charge >= 0.3 is 0 Å². The molecule has 0 unspecified atom stereocenters. The van der Waals surface area contributed by atoms with Crippen molar-refractivity contribution >= 4 is 52.1 Å². The highest BCUT2D eigenvalue weighted by atomic mass is 16.5. The van der Waals surface area contributed by atoms with E-state index in [2.05, 4.69) is 74.6 Å². The first-order valence-electron chi connectivity index (χ1n) is 18.3. The summed E-state index contributed by atoms with van der Waals surface area (Å²) in [6.07, 6.45) is 8.21. The molecule has 10 heteroatoms. The number of azide groups is 1. The molecule has 4 aromatic carbocycles. The molecule has 0 fully saturated rings. The van der Waals surface area contributed by atoms with E-state index in [1.807, 2.05) is 91.0 Å². The Hall–Kier alpha value is -7.81. The molecule has 0 saturated carbocycles. The standard InChI is InChI=1S/C47H35N7O3/c1-55-33-10-4-7-29(25-33)45-38-19-17-36(49-38)44(28-13-15-32(16-14-28)53-54-48)37-18-20-39(50-37)46(30-8-5-11-34(26-30)56-2)41-22-24-43(52-41)47(42-23-21-40(45)51-42)31-9-6-12-35(27-31)57-3/h4-27,49,52H,1-3H3. The fraction of sp³-hybridized carbons (Fsp3) is 0.0638. The van der Waals surface area contributed by atoms with Gasteiger partial charge in [0.25, 0.3) is 0 Å². The first-order chi connectivity index (χ1) is 28.0. The van der Waals surface area contributed by atoms with Crippen molar-refractivity contribution in [2.75, 3.05) is 21.3 Å². The summed E-state index contributed by atoms with van der Waals surface area (Å²) in [6.45, 7) is 0. The summed E-state index contributed by atoms with van der Waals surface area (Å²) in [5, 5.41) is 3.81. The Kier molecular flexibility index (Phi) is 9.06. The van der Waals surface area contributed by atoms with Gasteiger partial charge in [-0.1, -0.05) is 65.8 Å². The molecule has 0 amide bonds. The summed E-state index contributed by atoms with van der Waals surface area (Å²) in [5.41, 5.74) is 23.5. The van der Waals surface area contributed by atoms with Crippen LogP contribution in [0.5, 0.6) is 17.2 Å². The lowest BCUT2D eigenvalue weighted by Crippen LogP contribution is -1.91. The number of aromatic nitrogens is 4. The Morgan fingerprint density at radius 3 is 1.14 bits per heavy atom. The summed E-state index contributed by atoms with van der Waals surface area (Å²) >= 11 is 0. The van der Waals surface area contributed by atoms with Crippen molar-refractivity contribution in [3.63, 3.8) is 0 Å². The van der Waals surface area contributed by atoms with Crippen LogP contribution in [0.15, 0.2) is 126 Å². The van der Waals surface area contributed by atoms with Gasteiger partial charge in [0.05, 0.1) is 44.1 Å². The highest BCUT2D eigenvalue weighted by Crippen LogP contribution is 2.40. The molecule has 9 rings (SSSR count). The zero-order valence-electron chi connectivity index (χ0n) is 31.3. The van der Waals surface area contributed by atoms with Gasteiger partial charge in [-0.05, 0) is 113 Å². The third-order valence-electron chi connectivity index (χ3n) is 10.1. The summed E-state index contributed by atoms with van der Waals surface area (Å²) < 4.78 is 17.0. The summed E-state index contributed by atoms with van der Waals surface area (Å²) in [6, 6.07) is 39.9. The van der Waals surface area contributed by atoms with Crippen molar-refractivity contribution in [1.82, 2.24) is 19.9 Å². The molecule has 10 nitrogen and oxygen atoms in total.